The molecule has 7 nitrogen and oxygen atoms in total. The number of benzene rings is 3. The van der Waals surface area contributed by atoms with Crippen LogP contribution in [-0.2, 0) is 6.54 Å². The van der Waals surface area contributed by atoms with Gasteiger partial charge in [-0.3, -0.25) is 19.1 Å². The first-order chi connectivity index (χ1) is 16.5. The second kappa shape index (κ2) is 9.95. The maximum absolute atomic E-state index is 13.2. The van der Waals surface area contributed by atoms with Crippen molar-refractivity contribution >= 4 is 29.0 Å². The molecule has 0 saturated carbocycles. The number of nitrogens with zero attached hydrogens (tertiary/aromatic N) is 2. The minimum atomic E-state index is -0.444. The summed E-state index contributed by atoms with van der Waals surface area (Å²) >= 11 is 0. The molecule has 1 aromatic heterocycles. The SMILES string of the molecule is CCn1ccc(C(=O)Nc2ccccc2C(=O)Nc2ccc(C)cc2C(=O)c2ccccc2)n1. The summed E-state index contributed by atoms with van der Waals surface area (Å²) in [7, 11) is 0. The van der Waals surface area contributed by atoms with Crippen molar-refractivity contribution in [1.82, 2.24) is 9.78 Å². The van der Waals surface area contributed by atoms with E-state index in [1.807, 2.05) is 26.0 Å². The molecule has 4 aromatic rings. The molecule has 7 heteroatoms. The van der Waals surface area contributed by atoms with Crippen molar-refractivity contribution < 1.29 is 14.4 Å². The summed E-state index contributed by atoms with van der Waals surface area (Å²) in [5, 5.41) is 9.80. The second-order valence-electron chi connectivity index (χ2n) is 7.75. The van der Waals surface area contributed by atoms with Gasteiger partial charge in [0.05, 0.1) is 16.9 Å². The number of aromatic nitrogens is 2. The van der Waals surface area contributed by atoms with Gasteiger partial charge < -0.3 is 10.6 Å². The third kappa shape index (κ3) is 4.94. The highest BCUT2D eigenvalue weighted by Gasteiger charge is 2.19. The van der Waals surface area contributed by atoms with Gasteiger partial charge in [0, 0.05) is 23.9 Å². The largest absolute Gasteiger partial charge is 0.321 e. The van der Waals surface area contributed by atoms with Gasteiger partial charge in [0.2, 0.25) is 0 Å². The fourth-order valence-electron chi connectivity index (χ4n) is 3.53. The molecule has 4 rings (SSSR count). The zero-order valence-electron chi connectivity index (χ0n) is 18.9. The van der Waals surface area contributed by atoms with Crippen LogP contribution in [0.4, 0.5) is 11.4 Å². The molecule has 2 N–H and O–H groups in total. The fourth-order valence-corrected chi connectivity index (χ4v) is 3.53. The van der Waals surface area contributed by atoms with Crippen LogP contribution in [0.5, 0.6) is 0 Å². The lowest BCUT2D eigenvalue weighted by Gasteiger charge is -2.14. The minimum absolute atomic E-state index is 0.187. The average Bonchev–Trinajstić information content (AvgIpc) is 3.35. The highest BCUT2D eigenvalue weighted by molar-refractivity contribution is 6.17. The number of carbonyl (C=O) groups is 3. The lowest BCUT2D eigenvalue weighted by Crippen LogP contribution is -2.20. The summed E-state index contributed by atoms with van der Waals surface area (Å²) in [4.78, 5) is 39.0. The number of rotatable bonds is 7. The highest BCUT2D eigenvalue weighted by atomic mass is 16.2. The lowest BCUT2D eigenvalue weighted by atomic mass is 9.99. The molecule has 2 amide bonds. The lowest BCUT2D eigenvalue weighted by molar-refractivity contribution is 0.101. The Morgan fingerprint density at radius 3 is 2.21 bits per heavy atom. The Hall–Kier alpha value is -4.52. The third-order valence-electron chi connectivity index (χ3n) is 5.32. The van der Waals surface area contributed by atoms with E-state index in [9.17, 15) is 14.4 Å². The van der Waals surface area contributed by atoms with Gasteiger partial charge in [-0.15, -0.1) is 0 Å². The van der Waals surface area contributed by atoms with Crippen LogP contribution >= 0.6 is 0 Å². The minimum Gasteiger partial charge on any atom is -0.321 e. The number of aryl methyl sites for hydroxylation is 2. The van der Waals surface area contributed by atoms with Gasteiger partial charge in [-0.25, -0.2) is 0 Å². The maximum atomic E-state index is 13.2. The van der Waals surface area contributed by atoms with Gasteiger partial charge in [-0.05, 0) is 44.2 Å². The van der Waals surface area contributed by atoms with Crippen LogP contribution in [-0.4, -0.2) is 27.4 Å². The predicted molar refractivity (Wildman–Crippen MR) is 131 cm³/mol. The smallest absolute Gasteiger partial charge is 0.276 e. The fraction of sp³-hybridized carbons (Fsp3) is 0.111. The van der Waals surface area contributed by atoms with E-state index in [4.69, 9.17) is 0 Å². The number of anilines is 2. The van der Waals surface area contributed by atoms with Crippen molar-refractivity contribution in [1.29, 1.82) is 0 Å². The molecular formula is C27H24N4O3. The first kappa shape index (κ1) is 22.7. The van der Waals surface area contributed by atoms with E-state index in [2.05, 4.69) is 15.7 Å². The first-order valence-corrected chi connectivity index (χ1v) is 10.9. The van der Waals surface area contributed by atoms with Crippen LogP contribution in [0.25, 0.3) is 0 Å². The van der Waals surface area contributed by atoms with E-state index in [-0.39, 0.29) is 17.0 Å². The molecule has 0 atom stereocenters. The number of para-hydroxylation sites is 1. The topological polar surface area (TPSA) is 93.1 Å². The van der Waals surface area contributed by atoms with Gasteiger partial charge in [-0.1, -0.05) is 54.1 Å². The van der Waals surface area contributed by atoms with Crippen LogP contribution < -0.4 is 10.6 Å². The van der Waals surface area contributed by atoms with Gasteiger partial charge in [0.15, 0.2) is 11.5 Å². The van der Waals surface area contributed by atoms with Gasteiger partial charge in [0.25, 0.3) is 11.8 Å². The molecule has 3 aromatic carbocycles. The molecule has 170 valence electrons. The molecule has 0 radical (unpaired) electrons. The van der Waals surface area contributed by atoms with Gasteiger partial charge in [-0.2, -0.15) is 5.10 Å². The van der Waals surface area contributed by atoms with Crippen molar-refractivity contribution in [2.45, 2.75) is 20.4 Å². The van der Waals surface area contributed by atoms with E-state index in [0.717, 1.165) is 5.56 Å². The summed E-state index contributed by atoms with van der Waals surface area (Å²) in [6.45, 7) is 4.46. The van der Waals surface area contributed by atoms with E-state index in [0.29, 0.717) is 29.0 Å². The van der Waals surface area contributed by atoms with Crippen molar-refractivity contribution in [3.05, 3.63) is 113 Å². The zero-order chi connectivity index (χ0) is 24.1. The Labute approximate surface area is 197 Å². The normalized spacial score (nSPS) is 10.5. The molecule has 1 heterocycles. The molecule has 0 aliphatic heterocycles. The van der Waals surface area contributed by atoms with Crippen molar-refractivity contribution in [2.24, 2.45) is 0 Å². The number of hydrogen-bond donors (Lipinski definition) is 2. The number of amides is 2. The third-order valence-corrected chi connectivity index (χ3v) is 5.32. The van der Waals surface area contributed by atoms with Crippen molar-refractivity contribution in [2.75, 3.05) is 10.6 Å². The summed E-state index contributed by atoms with van der Waals surface area (Å²) in [5.74, 6) is -1.05. The highest BCUT2D eigenvalue weighted by Crippen LogP contribution is 2.24. The molecule has 0 saturated heterocycles. The molecule has 34 heavy (non-hydrogen) atoms. The maximum Gasteiger partial charge on any atom is 0.276 e. The first-order valence-electron chi connectivity index (χ1n) is 10.9. The molecule has 0 bridgehead atoms. The van der Waals surface area contributed by atoms with E-state index in [1.165, 1.54) is 0 Å². The summed E-state index contributed by atoms with van der Waals surface area (Å²) in [6.07, 6.45) is 1.72. The van der Waals surface area contributed by atoms with Gasteiger partial charge in [0.1, 0.15) is 0 Å². The Kier molecular flexibility index (Phi) is 6.64. The Morgan fingerprint density at radius 1 is 0.794 bits per heavy atom. The average molecular weight is 453 g/mol. The second-order valence-corrected chi connectivity index (χ2v) is 7.75. The van der Waals surface area contributed by atoms with Crippen LogP contribution in [0, 0.1) is 6.92 Å². The summed E-state index contributed by atoms with van der Waals surface area (Å²) in [5.41, 5.74) is 3.09. The molecule has 0 aliphatic carbocycles. The number of hydrogen-bond acceptors (Lipinski definition) is 4. The van der Waals surface area contributed by atoms with Crippen LogP contribution in [0.2, 0.25) is 0 Å². The predicted octanol–water partition coefficient (Wildman–Crippen LogP) is 4.95. The Morgan fingerprint density at radius 2 is 1.47 bits per heavy atom. The van der Waals surface area contributed by atoms with Crippen LogP contribution in [0.1, 0.15) is 49.3 Å². The van der Waals surface area contributed by atoms with Crippen LogP contribution in [0.15, 0.2) is 85.1 Å². The summed E-state index contributed by atoms with van der Waals surface area (Å²) < 4.78 is 1.65. The number of ketones is 1. The van der Waals surface area contributed by atoms with E-state index in [1.54, 1.807) is 77.6 Å². The molecule has 0 unspecified atom stereocenters. The summed E-state index contributed by atoms with van der Waals surface area (Å²) in [6, 6.07) is 22.5. The van der Waals surface area contributed by atoms with Gasteiger partial charge >= 0.3 is 0 Å². The van der Waals surface area contributed by atoms with E-state index < -0.39 is 11.8 Å². The number of carbonyl (C=O) groups excluding carboxylic acids is 3. The number of nitrogens with one attached hydrogen (secondary N) is 2. The van der Waals surface area contributed by atoms with Crippen LogP contribution in [0.3, 0.4) is 0 Å². The molecular weight excluding hydrogens is 428 g/mol. The Balaban J connectivity index is 1.59. The monoisotopic (exact) mass is 452 g/mol. The quantitative estimate of drug-likeness (QED) is 0.388. The standard InChI is InChI=1S/C27H24N4O3/c1-3-31-16-15-24(30-31)27(34)29-22-12-8-7-11-20(22)26(33)28-23-14-13-18(2)17-21(23)25(32)19-9-5-4-6-10-19/h4-17H,3H2,1-2H3,(H,28,33)(H,29,34). The van der Waals surface area contributed by atoms with Crippen molar-refractivity contribution in [3.8, 4) is 0 Å². The van der Waals surface area contributed by atoms with Crippen molar-refractivity contribution in [3.63, 3.8) is 0 Å². The van der Waals surface area contributed by atoms with E-state index >= 15 is 0 Å². The zero-order valence-corrected chi connectivity index (χ0v) is 18.9. The molecule has 0 spiro atoms. The molecule has 0 fully saturated rings. The molecule has 0 aliphatic rings. The Bertz CT molecular complexity index is 1360.